The molecule has 2 aromatic rings. The third-order valence-corrected chi connectivity index (χ3v) is 11.8. The first-order valence-electron chi connectivity index (χ1n) is 17.7. The fourth-order valence-corrected chi connectivity index (χ4v) is 8.60. The number of ether oxygens (including phenoxy) is 3. The lowest BCUT2D eigenvalue weighted by atomic mass is 9.65. The second-order valence-corrected chi connectivity index (χ2v) is 16.3. The van der Waals surface area contributed by atoms with Crippen molar-refractivity contribution in [3.8, 4) is 0 Å². The number of aromatic nitrogens is 2. The van der Waals surface area contributed by atoms with E-state index in [0.717, 1.165) is 12.8 Å². The van der Waals surface area contributed by atoms with Crippen molar-refractivity contribution in [3.63, 3.8) is 0 Å². The first-order chi connectivity index (χ1) is 23.9. The van der Waals surface area contributed by atoms with E-state index in [-0.39, 0.29) is 66.7 Å². The van der Waals surface area contributed by atoms with Crippen molar-refractivity contribution in [2.75, 3.05) is 6.61 Å². The van der Waals surface area contributed by atoms with Gasteiger partial charge in [-0.25, -0.2) is 9.09 Å². The lowest BCUT2D eigenvalue weighted by molar-refractivity contribution is -0.165. The summed E-state index contributed by atoms with van der Waals surface area (Å²) in [6, 6.07) is 6.96. The van der Waals surface area contributed by atoms with Crippen molar-refractivity contribution in [2.24, 2.45) is 39.8 Å². The number of carbonyl (C=O) groups excluding carboxylic acids is 2. The Hall–Kier alpha value is -3.66. The first-order valence-corrected chi connectivity index (χ1v) is 19.2. The molecule has 268 valence electrons. The van der Waals surface area contributed by atoms with E-state index < -0.39 is 19.5 Å². The SMILES string of the molecule is CCC(C)(C)C(=O)O[C@H]1C[C@@H](C)C=C2C=C[C@H](C)[C@H](CC[C@H]3C[C@@H](COP4(=O)N=C(c5cccnc5)OC(c5cccnc5)O4)CC(=O)O3)[C@H]21. The van der Waals surface area contributed by atoms with Gasteiger partial charge in [0.25, 0.3) is 0 Å². The zero-order valence-electron chi connectivity index (χ0n) is 29.5. The molecule has 0 bridgehead atoms. The van der Waals surface area contributed by atoms with Gasteiger partial charge in [0.1, 0.15) is 12.2 Å². The average Bonchev–Trinajstić information content (AvgIpc) is 3.10. The molecule has 0 radical (unpaired) electrons. The van der Waals surface area contributed by atoms with E-state index in [9.17, 15) is 14.2 Å². The van der Waals surface area contributed by atoms with Crippen molar-refractivity contribution >= 4 is 25.6 Å². The summed E-state index contributed by atoms with van der Waals surface area (Å²) < 4.78 is 48.1. The molecule has 12 heteroatoms. The summed E-state index contributed by atoms with van der Waals surface area (Å²) in [5.41, 5.74) is 1.76. The van der Waals surface area contributed by atoms with Crippen LogP contribution in [0.3, 0.4) is 0 Å². The van der Waals surface area contributed by atoms with Crippen LogP contribution in [0.2, 0.25) is 0 Å². The molecular weight excluding hydrogens is 657 g/mol. The Morgan fingerprint density at radius 3 is 2.56 bits per heavy atom. The molecule has 6 rings (SSSR count). The Kier molecular flexibility index (Phi) is 11.1. The van der Waals surface area contributed by atoms with Crippen LogP contribution in [-0.4, -0.2) is 46.6 Å². The Morgan fingerprint density at radius 2 is 1.84 bits per heavy atom. The largest absolute Gasteiger partial charge is 0.462 e. The highest BCUT2D eigenvalue weighted by Gasteiger charge is 2.44. The summed E-state index contributed by atoms with van der Waals surface area (Å²) in [5, 5.41) is 0. The number of hydrogen-bond donors (Lipinski definition) is 0. The first kappa shape index (κ1) is 36.1. The molecule has 0 N–H and O–H groups in total. The number of nitrogens with zero attached hydrogens (tertiary/aromatic N) is 3. The van der Waals surface area contributed by atoms with Gasteiger partial charge in [0.05, 0.1) is 24.0 Å². The number of rotatable bonds is 11. The van der Waals surface area contributed by atoms with Crippen LogP contribution in [-0.2, 0) is 37.4 Å². The maximum absolute atomic E-state index is 14.0. The van der Waals surface area contributed by atoms with Crippen LogP contribution in [0.5, 0.6) is 0 Å². The molecule has 0 aromatic carbocycles. The van der Waals surface area contributed by atoms with Crippen LogP contribution in [0.4, 0.5) is 0 Å². The summed E-state index contributed by atoms with van der Waals surface area (Å²) in [7, 11) is -4.06. The highest BCUT2D eigenvalue weighted by molar-refractivity contribution is 7.52. The summed E-state index contributed by atoms with van der Waals surface area (Å²) in [4.78, 5) is 34.3. The Labute approximate surface area is 294 Å². The molecule has 0 spiro atoms. The summed E-state index contributed by atoms with van der Waals surface area (Å²) in [6.45, 7) is 10.3. The maximum Gasteiger partial charge on any atom is 0.460 e. The zero-order chi connectivity index (χ0) is 35.5. The maximum atomic E-state index is 14.0. The fraction of sp³-hybridized carbons (Fsp3) is 0.553. The molecule has 2 aromatic heterocycles. The molecule has 2 unspecified atom stereocenters. The zero-order valence-corrected chi connectivity index (χ0v) is 30.4. The second kappa shape index (κ2) is 15.3. The van der Waals surface area contributed by atoms with Crippen LogP contribution in [0, 0.1) is 35.0 Å². The smallest absolute Gasteiger partial charge is 0.460 e. The van der Waals surface area contributed by atoms with E-state index in [1.807, 2.05) is 20.8 Å². The summed E-state index contributed by atoms with van der Waals surface area (Å²) in [5.74, 6) is 0.242. The molecule has 11 nitrogen and oxygen atoms in total. The average molecular weight is 706 g/mol. The predicted molar refractivity (Wildman–Crippen MR) is 186 cm³/mol. The minimum Gasteiger partial charge on any atom is -0.462 e. The molecule has 1 fully saturated rings. The monoisotopic (exact) mass is 705 g/mol. The number of fused-ring (bicyclic) bond motifs is 1. The van der Waals surface area contributed by atoms with Crippen molar-refractivity contribution in [2.45, 2.75) is 91.6 Å². The molecule has 2 aliphatic carbocycles. The standard InChI is InChI=1S/C38H48N3O8P/c1-6-38(4,5)37(43)47-32-18-24(2)17-27-12-11-25(3)31(34(27)32)14-13-30-19-26(20-33(42)46-30)23-45-50(44)41-35(28-9-7-15-39-21-28)48-36(49-50)29-10-8-16-40-22-29/h7-12,15-17,21-22,24-26,30-32,34,36H,6,13-14,18-20,23H2,1-5H3/t24-,25-,26+,30-,31-,32-,34-,36?,50?/m0/s1. The van der Waals surface area contributed by atoms with Gasteiger partial charge in [0.2, 0.25) is 12.2 Å². The van der Waals surface area contributed by atoms with E-state index in [1.165, 1.54) is 5.57 Å². The highest BCUT2D eigenvalue weighted by Crippen LogP contribution is 2.57. The normalized spacial score (nSPS) is 32.5. The third-order valence-electron chi connectivity index (χ3n) is 10.5. The fourth-order valence-electron chi connectivity index (χ4n) is 7.24. The Balaban J connectivity index is 1.12. The summed E-state index contributed by atoms with van der Waals surface area (Å²) >= 11 is 0. The molecule has 0 saturated carbocycles. The molecule has 4 aliphatic rings. The quantitative estimate of drug-likeness (QED) is 0.167. The number of allylic oxidation sites excluding steroid dienone is 3. The van der Waals surface area contributed by atoms with E-state index in [0.29, 0.717) is 36.3 Å². The number of esters is 2. The Morgan fingerprint density at radius 1 is 1.06 bits per heavy atom. The van der Waals surface area contributed by atoms with E-state index in [4.69, 9.17) is 23.3 Å². The van der Waals surface area contributed by atoms with Crippen LogP contribution in [0.15, 0.2) is 77.6 Å². The van der Waals surface area contributed by atoms with Gasteiger partial charge in [0.15, 0.2) is 0 Å². The van der Waals surface area contributed by atoms with E-state index in [1.54, 1.807) is 49.1 Å². The minimum absolute atomic E-state index is 0.00628. The van der Waals surface area contributed by atoms with Gasteiger partial charge in [-0.05, 0) is 99.5 Å². The van der Waals surface area contributed by atoms with Crippen LogP contribution in [0.25, 0.3) is 0 Å². The van der Waals surface area contributed by atoms with E-state index in [2.05, 4.69) is 46.8 Å². The second-order valence-electron chi connectivity index (χ2n) is 14.7. The molecule has 50 heavy (non-hydrogen) atoms. The van der Waals surface area contributed by atoms with Crippen molar-refractivity contribution in [1.29, 1.82) is 0 Å². The van der Waals surface area contributed by atoms with Crippen molar-refractivity contribution < 1.29 is 37.4 Å². The number of cyclic esters (lactones) is 1. The Bertz CT molecular complexity index is 1660. The van der Waals surface area contributed by atoms with Crippen molar-refractivity contribution in [3.05, 3.63) is 84.0 Å². The predicted octanol–water partition coefficient (Wildman–Crippen LogP) is 7.95. The van der Waals surface area contributed by atoms with Gasteiger partial charge in [-0.3, -0.25) is 24.1 Å². The van der Waals surface area contributed by atoms with Gasteiger partial charge < -0.3 is 14.2 Å². The number of hydrogen-bond acceptors (Lipinski definition) is 10. The molecule has 4 heterocycles. The van der Waals surface area contributed by atoms with Gasteiger partial charge in [-0.2, -0.15) is 0 Å². The van der Waals surface area contributed by atoms with Gasteiger partial charge in [-0.1, -0.05) is 39.0 Å². The van der Waals surface area contributed by atoms with Crippen LogP contribution in [0.1, 0.15) is 90.6 Å². The van der Waals surface area contributed by atoms with Crippen LogP contribution >= 0.6 is 7.75 Å². The minimum atomic E-state index is -4.06. The lowest BCUT2D eigenvalue weighted by Gasteiger charge is -2.44. The molecule has 0 amide bonds. The van der Waals surface area contributed by atoms with Gasteiger partial charge >= 0.3 is 19.7 Å². The summed E-state index contributed by atoms with van der Waals surface area (Å²) in [6.07, 6.45) is 15.2. The topological polar surface area (TPSA) is 136 Å². The van der Waals surface area contributed by atoms with Crippen LogP contribution < -0.4 is 0 Å². The number of pyridine rings is 2. The highest BCUT2D eigenvalue weighted by atomic mass is 31.2. The molecule has 1 saturated heterocycles. The molecular formula is C38H48N3O8P. The lowest BCUT2D eigenvalue weighted by Crippen LogP contribution is -2.43. The van der Waals surface area contributed by atoms with Gasteiger partial charge in [0, 0.05) is 36.3 Å². The number of carbonyl (C=O) groups is 2. The van der Waals surface area contributed by atoms with Gasteiger partial charge in [-0.15, -0.1) is 4.76 Å². The molecule has 2 aliphatic heterocycles. The third kappa shape index (κ3) is 8.44. The van der Waals surface area contributed by atoms with Crippen molar-refractivity contribution in [1.82, 2.24) is 9.97 Å². The van der Waals surface area contributed by atoms with E-state index >= 15 is 0 Å². The molecule has 9 atom stereocenters.